The van der Waals surface area contributed by atoms with Crippen molar-refractivity contribution in [3.05, 3.63) is 53.2 Å². The number of benzene rings is 1. The maximum atomic E-state index is 13.3. The van der Waals surface area contributed by atoms with Crippen LogP contribution in [0, 0.1) is 11.6 Å². The van der Waals surface area contributed by atoms with E-state index in [1.54, 1.807) is 12.1 Å². The molecule has 0 aliphatic heterocycles. The van der Waals surface area contributed by atoms with Gasteiger partial charge in [-0.25, -0.2) is 13.8 Å². The molecule has 76 valence electrons. The molecule has 0 amide bonds. The molecule has 4 heteroatoms. The molecule has 0 fully saturated rings. The Bertz CT molecular complexity index is 479. The van der Waals surface area contributed by atoms with Gasteiger partial charge in [0.2, 0.25) is 0 Å². The van der Waals surface area contributed by atoms with Gasteiger partial charge in [-0.1, -0.05) is 23.7 Å². The molecule has 1 nitrogen and oxygen atoms in total. The fourth-order valence-electron chi connectivity index (χ4n) is 1.29. The molecule has 2 aromatic rings. The predicted molar refractivity (Wildman–Crippen MR) is 54.6 cm³/mol. The Kier molecular flexibility index (Phi) is 2.64. The Morgan fingerprint density at radius 2 is 1.53 bits per heavy atom. The molecule has 0 aliphatic rings. The maximum Gasteiger partial charge on any atom is 0.135 e. The van der Waals surface area contributed by atoms with Crippen LogP contribution in [0.5, 0.6) is 0 Å². The summed E-state index contributed by atoms with van der Waals surface area (Å²) in [6, 6.07) is 8.31. The van der Waals surface area contributed by atoms with E-state index in [1.807, 2.05) is 0 Å². The van der Waals surface area contributed by atoms with Gasteiger partial charge >= 0.3 is 0 Å². The largest absolute Gasteiger partial charge is 0.236 e. The first-order valence-electron chi connectivity index (χ1n) is 4.25. The zero-order valence-corrected chi connectivity index (χ0v) is 8.30. The van der Waals surface area contributed by atoms with Crippen molar-refractivity contribution >= 4 is 11.6 Å². The molecule has 0 saturated heterocycles. The van der Waals surface area contributed by atoms with E-state index < -0.39 is 11.6 Å². The van der Waals surface area contributed by atoms with Crippen LogP contribution in [0.4, 0.5) is 8.78 Å². The Balaban J connectivity index is 2.63. The zero-order chi connectivity index (χ0) is 10.8. The molecule has 0 unspecified atom stereocenters. The van der Waals surface area contributed by atoms with E-state index in [4.69, 9.17) is 11.6 Å². The van der Waals surface area contributed by atoms with Crippen molar-refractivity contribution in [1.29, 1.82) is 0 Å². The summed E-state index contributed by atoms with van der Waals surface area (Å²) in [6.07, 6.45) is 0. The molecule has 0 radical (unpaired) electrons. The lowest BCUT2D eigenvalue weighted by molar-refractivity contribution is 0.588. The van der Waals surface area contributed by atoms with Crippen molar-refractivity contribution in [1.82, 2.24) is 4.98 Å². The summed E-state index contributed by atoms with van der Waals surface area (Å²) in [6.45, 7) is 0. The lowest BCUT2D eigenvalue weighted by atomic mass is 10.1. The molecular weight excluding hydrogens is 220 g/mol. The van der Waals surface area contributed by atoms with Crippen LogP contribution in [-0.2, 0) is 0 Å². The molecule has 2 rings (SSSR count). The Morgan fingerprint density at radius 3 is 2.13 bits per heavy atom. The highest BCUT2D eigenvalue weighted by Crippen LogP contribution is 2.24. The van der Waals surface area contributed by atoms with Crippen molar-refractivity contribution in [3.8, 4) is 11.3 Å². The monoisotopic (exact) mass is 225 g/mol. The molecule has 0 spiro atoms. The van der Waals surface area contributed by atoms with Crippen molar-refractivity contribution in [2.45, 2.75) is 0 Å². The summed E-state index contributed by atoms with van der Waals surface area (Å²) in [5.74, 6) is -1.30. The Morgan fingerprint density at radius 1 is 0.933 bits per heavy atom. The summed E-state index contributed by atoms with van der Waals surface area (Å²) in [5.41, 5.74) is 0.0399. The SMILES string of the molecule is Fc1cccc(F)c1-c1cccc(Cl)n1. The van der Waals surface area contributed by atoms with E-state index in [-0.39, 0.29) is 16.4 Å². The van der Waals surface area contributed by atoms with E-state index in [0.717, 1.165) is 0 Å². The number of aromatic nitrogens is 1. The van der Waals surface area contributed by atoms with E-state index in [1.165, 1.54) is 24.3 Å². The van der Waals surface area contributed by atoms with Gasteiger partial charge in [-0.05, 0) is 24.3 Å². The highest BCUT2D eigenvalue weighted by atomic mass is 35.5. The maximum absolute atomic E-state index is 13.3. The van der Waals surface area contributed by atoms with Crippen LogP contribution in [-0.4, -0.2) is 4.98 Å². The first-order valence-corrected chi connectivity index (χ1v) is 4.63. The number of hydrogen-bond acceptors (Lipinski definition) is 1. The third-order valence-electron chi connectivity index (χ3n) is 1.93. The Labute approximate surface area is 90.3 Å². The molecule has 1 heterocycles. The third-order valence-corrected chi connectivity index (χ3v) is 2.14. The van der Waals surface area contributed by atoms with Gasteiger partial charge in [0.15, 0.2) is 0 Å². The summed E-state index contributed by atoms with van der Waals surface area (Å²) >= 11 is 5.64. The zero-order valence-electron chi connectivity index (χ0n) is 7.55. The van der Waals surface area contributed by atoms with Gasteiger partial charge < -0.3 is 0 Å². The highest BCUT2D eigenvalue weighted by molar-refractivity contribution is 6.29. The van der Waals surface area contributed by atoms with Crippen molar-refractivity contribution in [2.24, 2.45) is 0 Å². The normalized spacial score (nSPS) is 10.3. The van der Waals surface area contributed by atoms with E-state index >= 15 is 0 Å². The van der Waals surface area contributed by atoms with Crippen LogP contribution >= 0.6 is 11.6 Å². The van der Waals surface area contributed by atoms with Gasteiger partial charge in [-0.2, -0.15) is 0 Å². The number of halogens is 3. The standard InChI is InChI=1S/C11H6ClF2N/c12-10-6-2-5-9(15-10)11-7(13)3-1-4-8(11)14/h1-6H. The first-order chi connectivity index (χ1) is 7.18. The minimum Gasteiger partial charge on any atom is -0.236 e. The van der Waals surface area contributed by atoms with Gasteiger partial charge in [-0.15, -0.1) is 0 Å². The number of rotatable bonds is 1. The molecule has 15 heavy (non-hydrogen) atoms. The summed E-state index contributed by atoms with van der Waals surface area (Å²) < 4.78 is 26.7. The molecule has 0 bridgehead atoms. The summed E-state index contributed by atoms with van der Waals surface area (Å²) in [5, 5.41) is 0.204. The fraction of sp³-hybridized carbons (Fsp3) is 0. The Hall–Kier alpha value is -1.48. The molecule has 0 aliphatic carbocycles. The fourth-order valence-corrected chi connectivity index (χ4v) is 1.45. The topological polar surface area (TPSA) is 12.9 Å². The van der Waals surface area contributed by atoms with Crippen LogP contribution in [0.2, 0.25) is 5.15 Å². The second kappa shape index (κ2) is 3.95. The second-order valence-corrected chi connectivity index (χ2v) is 3.33. The van der Waals surface area contributed by atoms with Crippen LogP contribution < -0.4 is 0 Å². The highest BCUT2D eigenvalue weighted by Gasteiger charge is 2.11. The number of pyridine rings is 1. The van der Waals surface area contributed by atoms with Crippen molar-refractivity contribution < 1.29 is 8.78 Å². The molecule has 1 aromatic carbocycles. The molecule has 0 N–H and O–H groups in total. The third kappa shape index (κ3) is 1.97. The summed E-state index contributed by atoms with van der Waals surface area (Å²) in [4.78, 5) is 3.85. The lowest BCUT2D eigenvalue weighted by Gasteiger charge is -2.03. The smallest absolute Gasteiger partial charge is 0.135 e. The van der Waals surface area contributed by atoms with Crippen molar-refractivity contribution in [3.63, 3.8) is 0 Å². The molecule has 0 saturated carbocycles. The van der Waals surface area contributed by atoms with Gasteiger partial charge in [0.25, 0.3) is 0 Å². The van der Waals surface area contributed by atoms with Crippen molar-refractivity contribution in [2.75, 3.05) is 0 Å². The second-order valence-electron chi connectivity index (χ2n) is 2.94. The first kappa shape index (κ1) is 10.1. The van der Waals surface area contributed by atoms with Crippen LogP contribution in [0.3, 0.4) is 0 Å². The number of nitrogens with zero attached hydrogens (tertiary/aromatic N) is 1. The van der Waals surface area contributed by atoms with E-state index in [2.05, 4.69) is 4.98 Å². The van der Waals surface area contributed by atoms with Gasteiger partial charge in [0, 0.05) is 0 Å². The van der Waals surface area contributed by atoms with Gasteiger partial charge in [0.1, 0.15) is 16.8 Å². The average Bonchev–Trinajstić information content (AvgIpc) is 2.17. The molecule has 0 atom stereocenters. The number of hydrogen-bond donors (Lipinski definition) is 0. The summed E-state index contributed by atoms with van der Waals surface area (Å²) in [7, 11) is 0. The van der Waals surface area contributed by atoms with Gasteiger partial charge in [-0.3, -0.25) is 0 Å². The van der Waals surface area contributed by atoms with E-state index in [9.17, 15) is 8.78 Å². The van der Waals surface area contributed by atoms with Crippen LogP contribution in [0.15, 0.2) is 36.4 Å². The molecular formula is C11H6ClF2N. The van der Waals surface area contributed by atoms with Crippen LogP contribution in [0.1, 0.15) is 0 Å². The quantitative estimate of drug-likeness (QED) is 0.675. The van der Waals surface area contributed by atoms with E-state index in [0.29, 0.717) is 0 Å². The van der Waals surface area contributed by atoms with Crippen LogP contribution in [0.25, 0.3) is 11.3 Å². The molecule has 1 aromatic heterocycles. The minimum absolute atomic E-state index is 0.153. The van der Waals surface area contributed by atoms with Gasteiger partial charge in [0.05, 0.1) is 11.3 Å². The predicted octanol–water partition coefficient (Wildman–Crippen LogP) is 3.68. The minimum atomic E-state index is -0.648. The average molecular weight is 226 g/mol. The lowest BCUT2D eigenvalue weighted by Crippen LogP contribution is -1.92.